The van der Waals surface area contributed by atoms with Gasteiger partial charge in [-0.25, -0.2) is 0 Å². The molecule has 82 valence electrons. The molecular formula is C12H24N2. The first-order valence-corrected chi connectivity index (χ1v) is 6.11. The number of piperidine rings is 1. The van der Waals surface area contributed by atoms with E-state index in [0.717, 1.165) is 23.9 Å². The summed E-state index contributed by atoms with van der Waals surface area (Å²) in [7, 11) is 2.23. The average molecular weight is 196 g/mol. The van der Waals surface area contributed by atoms with Gasteiger partial charge >= 0.3 is 0 Å². The van der Waals surface area contributed by atoms with Gasteiger partial charge in [-0.1, -0.05) is 6.92 Å². The number of nitrogens with zero attached hydrogens (tertiary/aromatic N) is 1. The van der Waals surface area contributed by atoms with Crippen LogP contribution in [0.1, 0.15) is 33.1 Å². The molecular weight excluding hydrogens is 172 g/mol. The van der Waals surface area contributed by atoms with Crippen LogP contribution >= 0.6 is 0 Å². The molecule has 2 aliphatic rings. The van der Waals surface area contributed by atoms with Gasteiger partial charge < -0.3 is 10.2 Å². The topological polar surface area (TPSA) is 15.3 Å². The molecule has 0 aromatic heterocycles. The summed E-state index contributed by atoms with van der Waals surface area (Å²) in [5.41, 5.74) is 0. The van der Waals surface area contributed by atoms with Gasteiger partial charge in [0.05, 0.1) is 0 Å². The Bertz CT molecular complexity index is 189. The third kappa shape index (κ3) is 2.48. The molecule has 3 unspecified atom stereocenters. The Morgan fingerprint density at radius 2 is 2.00 bits per heavy atom. The van der Waals surface area contributed by atoms with Gasteiger partial charge in [-0.3, -0.25) is 0 Å². The fourth-order valence-electron chi connectivity index (χ4n) is 2.67. The zero-order valence-electron chi connectivity index (χ0n) is 9.79. The van der Waals surface area contributed by atoms with Crippen LogP contribution in [0.15, 0.2) is 0 Å². The molecule has 1 aliphatic carbocycles. The van der Waals surface area contributed by atoms with Crippen molar-refractivity contribution in [1.82, 2.24) is 10.2 Å². The van der Waals surface area contributed by atoms with Crippen molar-refractivity contribution in [3.05, 3.63) is 0 Å². The van der Waals surface area contributed by atoms with E-state index in [1.165, 1.54) is 32.4 Å². The minimum atomic E-state index is 0.755. The molecule has 2 nitrogen and oxygen atoms in total. The molecule has 0 aromatic carbocycles. The molecule has 3 atom stereocenters. The quantitative estimate of drug-likeness (QED) is 0.739. The Morgan fingerprint density at radius 1 is 1.29 bits per heavy atom. The lowest BCUT2D eigenvalue weighted by molar-refractivity contribution is 0.165. The third-order valence-electron chi connectivity index (χ3n) is 3.91. The predicted octanol–water partition coefficient (Wildman–Crippen LogP) is 1.71. The van der Waals surface area contributed by atoms with Crippen molar-refractivity contribution in [2.24, 2.45) is 11.8 Å². The first kappa shape index (κ1) is 10.4. The number of nitrogens with one attached hydrogen (secondary N) is 1. The summed E-state index contributed by atoms with van der Waals surface area (Å²) in [5.74, 6) is 1.80. The molecule has 2 rings (SSSR count). The maximum atomic E-state index is 3.82. The maximum absolute atomic E-state index is 3.82. The van der Waals surface area contributed by atoms with Crippen LogP contribution in [-0.2, 0) is 0 Å². The lowest BCUT2D eigenvalue weighted by atomic mass is 9.93. The van der Waals surface area contributed by atoms with E-state index in [9.17, 15) is 0 Å². The van der Waals surface area contributed by atoms with E-state index in [4.69, 9.17) is 0 Å². The number of hydrogen-bond acceptors (Lipinski definition) is 2. The normalized spacial score (nSPS) is 37.1. The first-order valence-electron chi connectivity index (χ1n) is 6.11. The summed E-state index contributed by atoms with van der Waals surface area (Å²) in [6.45, 7) is 7.27. The molecule has 1 saturated heterocycles. The zero-order chi connectivity index (χ0) is 10.1. The van der Waals surface area contributed by atoms with Crippen LogP contribution in [0.2, 0.25) is 0 Å². The van der Waals surface area contributed by atoms with Gasteiger partial charge in [0.1, 0.15) is 0 Å². The summed E-state index contributed by atoms with van der Waals surface area (Å²) in [4.78, 5) is 2.45. The van der Waals surface area contributed by atoms with E-state index in [2.05, 4.69) is 31.1 Å². The Morgan fingerprint density at radius 3 is 2.57 bits per heavy atom. The zero-order valence-corrected chi connectivity index (χ0v) is 9.79. The van der Waals surface area contributed by atoms with E-state index in [-0.39, 0.29) is 0 Å². The first-order chi connectivity index (χ1) is 6.66. The van der Waals surface area contributed by atoms with E-state index in [0.29, 0.717) is 0 Å². The van der Waals surface area contributed by atoms with E-state index in [1.807, 2.05) is 0 Å². The highest BCUT2D eigenvalue weighted by molar-refractivity contribution is 4.89. The SMILES string of the molecule is CC1CN(C)CCC1NC(C)C1CC1. The molecule has 14 heavy (non-hydrogen) atoms. The Labute approximate surface area is 88.1 Å². The summed E-state index contributed by atoms with van der Waals surface area (Å²) in [6.07, 6.45) is 4.24. The highest BCUT2D eigenvalue weighted by Gasteiger charge is 2.31. The van der Waals surface area contributed by atoms with Crippen molar-refractivity contribution in [2.45, 2.75) is 45.2 Å². The summed E-state index contributed by atoms with van der Waals surface area (Å²) in [6, 6.07) is 1.52. The lowest BCUT2D eigenvalue weighted by Gasteiger charge is -2.37. The van der Waals surface area contributed by atoms with E-state index in [1.54, 1.807) is 0 Å². The molecule has 0 aromatic rings. The average Bonchev–Trinajstić information content (AvgIpc) is 2.92. The number of hydrogen-bond donors (Lipinski definition) is 1. The lowest BCUT2D eigenvalue weighted by Crippen LogP contribution is -2.50. The summed E-state index contributed by atoms with van der Waals surface area (Å²) < 4.78 is 0. The Hall–Kier alpha value is -0.0800. The van der Waals surface area contributed by atoms with Crippen LogP contribution in [-0.4, -0.2) is 37.1 Å². The van der Waals surface area contributed by atoms with Crippen LogP contribution in [0.25, 0.3) is 0 Å². The van der Waals surface area contributed by atoms with Gasteiger partial charge in [0.15, 0.2) is 0 Å². The molecule has 1 saturated carbocycles. The highest BCUT2D eigenvalue weighted by Crippen LogP contribution is 2.33. The van der Waals surface area contributed by atoms with Crippen molar-refractivity contribution in [1.29, 1.82) is 0 Å². The van der Waals surface area contributed by atoms with Gasteiger partial charge in [-0.2, -0.15) is 0 Å². The second-order valence-electron chi connectivity index (χ2n) is 5.43. The van der Waals surface area contributed by atoms with Crippen LogP contribution in [0.3, 0.4) is 0 Å². The molecule has 1 heterocycles. The minimum absolute atomic E-state index is 0.755. The number of likely N-dealkylation sites (tertiary alicyclic amines) is 1. The third-order valence-corrected chi connectivity index (χ3v) is 3.91. The molecule has 1 aliphatic heterocycles. The molecule has 2 fully saturated rings. The summed E-state index contributed by atoms with van der Waals surface area (Å²) in [5, 5.41) is 3.82. The standard InChI is InChI=1S/C12H24N2/c1-9-8-14(3)7-6-12(9)13-10(2)11-4-5-11/h9-13H,4-8H2,1-3H3. The van der Waals surface area contributed by atoms with E-state index >= 15 is 0 Å². The second kappa shape index (κ2) is 4.19. The smallest absolute Gasteiger partial charge is 0.0120 e. The molecule has 0 radical (unpaired) electrons. The molecule has 2 heteroatoms. The van der Waals surface area contributed by atoms with Crippen LogP contribution in [0.4, 0.5) is 0 Å². The van der Waals surface area contributed by atoms with Crippen LogP contribution in [0.5, 0.6) is 0 Å². The molecule has 0 spiro atoms. The minimum Gasteiger partial charge on any atom is -0.311 e. The summed E-state index contributed by atoms with van der Waals surface area (Å²) >= 11 is 0. The van der Waals surface area contributed by atoms with Crippen molar-refractivity contribution >= 4 is 0 Å². The van der Waals surface area contributed by atoms with Crippen molar-refractivity contribution < 1.29 is 0 Å². The Kier molecular flexibility index (Phi) is 3.13. The van der Waals surface area contributed by atoms with Gasteiger partial charge in [0.2, 0.25) is 0 Å². The van der Waals surface area contributed by atoms with Gasteiger partial charge in [-0.15, -0.1) is 0 Å². The fraction of sp³-hybridized carbons (Fsp3) is 1.00. The Balaban J connectivity index is 1.78. The van der Waals surface area contributed by atoms with Gasteiger partial charge in [0, 0.05) is 18.6 Å². The fourth-order valence-corrected chi connectivity index (χ4v) is 2.67. The molecule has 1 N–H and O–H groups in total. The van der Waals surface area contributed by atoms with Crippen LogP contribution in [0, 0.1) is 11.8 Å². The largest absolute Gasteiger partial charge is 0.311 e. The van der Waals surface area contributed by atoms with Gasteiger partial charge in [0.25, 0.3) is 0 Å². The van der Waals surface area contributed by atoms with Crippen molar-refractivity contribution in [3.63, 3.8) is 0 Å². The van der Waals surface area contributed by atoms with Crippen molar-refractivity contribution in [2.75, 3.05) is 20.1 Å². The number of rotatable bonds is 3. The maximum Gasteiger partial charge on any atom is 0.0120 e. The predicted molar refractivity (Wildman–Crippen MR) is 60.4 cm³/mol. The van der Waals surface area contributed by atoms with Crippen molar-refractivity contribution in [3.8, 4) is 0 Å². The van der Waals surface area contributed by atoms with Gasteiger partial charge in [-0.05, 0) is 51.6 Å². The monoisotopic (exact) mass is 196 g/mol. The van der Waals surface area contributed by atoms with E-state index < -0.39 is 0 Å². The van der Waals surface area contributed by atoms with Crippen LogP contribution < -0.4 is 5.32 Å². The molecule has 0 bridgehead atoms. The highest BCUT2D eigenvalue weighted by atomic mass is 15.1. The second-order valence-corrected chi connectivity index (χ2v) is 5.43. The molecule has 0 amide bonds.